The number of nitrogen functional groups attached to an aromatic ring is 1. The van der Waals surface area contributed by atoms with E-state index in [-0.39, 0.29) is 11.0 Å². The summed E-state index contributed by atoms with van der Waals surface area (Å²) in [6, 6.07) is 6.14. The lowest BCUT2D eigenvalue weighted by Crippen LogP contribution is -2.12. The van der Waals surface area contributed by atoms with Crippen LogP contribution in [0.25, 0.3) is 0 Å². The lowest BCUT2D eigenvalue weighted by molar-refractivity contribution is -0.143. The van der Waals surface area contributed by atoms with E-state index in [1.165, 1.54) is 24.3 Å². The van der Waals surface area contributed by atoms with E-state index in [4.69, 9.17) is 5.73 Å². The van der Waals surface area contributed by atoms with Crippen LogP contribution in [0, 0.1) is 0 Å². The molecule has 0 fully saturated rings. The zero-order valence-electron chi connectivity index (χ0n) is 11.2. The Hall–Kier alpha value is -2.03. The SMILES string of the molecule is Nc1ccc(S(=O)c2cc(C(F)(F)F)cc(C(F)(F)F)c2)cc1. The smallest absolute Gasteiger partial charge is 0.399 e. The molecule has 0 aliphatic rings. The van der Waals surface area contributed by atoms with Gasteiger partial charge in [0.1, 0.15) is 0 Å². The van der Waals surface area contributed by atoms with Crippen LogP contribution in [0.3, 0.4) is 0 Å². The molecular weight excluding hydrogens is 344 g/mol. The van der Waals surface area contributed by atoms with Crippen molar-refractivity contribution in [2.45, 2.75) is 22.1 Å². The molecule has 2 aromatic carbocycles. The maximum absolute atomic E-state index is 12.8. The highest BCUT2D eigenvalue weighted by Gasteiger charge is 2.37. The van der Waals surface area contributed by atoms with Crippen molar-refractivity contribution in [1.29, 1.82) is 0 Å². The number of anilines is 1. The first-order valence-corrected chi connectivity index (χ1v) is 7.20. The Bertz CT molecular complexity index is 704. The second-order valence-corrected chi connectivity index (χ2v) is 6.06. The third-order valence-electron chi connectivity index (χ3n) is 2.87. The average Bonchev–Trinajstić information content (AvgIpc) is 2.45. The average molecular weight is 353 g/mol. The van der Waals surface area contributed by atoms with Gasteiger partial charge in [-0.3, -0.25) is 0 Å². The van der Waals surface area contributed by atoms with E-state index >= 15 is 0 Å². The van der Waals surface area contributed by atoms with Crippen LogP contribution in [-0.4, -0.2) is 4.21 Å². The second-order valence-electron chi connectivity index (χ2n) is 4.58. The van der Waals surface area contributed by atoms with Crippen molar-refractivity contribution < 1.29 is 30.6 Å². The molecule has 2 N–H and O–H groups in total. The number of halogens is 6. The molecule has 0 saturated carbocycles. The molecule has 0 saturated heterocycles. The molecule has 124 valence electrons. The standard InChI is InChI=1S/C14H9F6NOS/c15-13(16,17)8-5-9(14(18,19)20)7-12(6-8)23(22)11-3-1-10(21)2-4-11/h1-7H,21H2. The summed E-state index contributed by atoms with van der Waals surface area (Å²) >= 11 is 0. The monoisotopic (exact) mass is 353 g/mol. The van der Waals surface area contributed by atoms with E-state index in [1.54, 1.807) is 0 Å². The number of rotatable bonds is 2. The van der Waals surface area contributed by atoms with Gasteiger partial charge >= 0.3 is 12.4 Å². The van der Waals surface area contributed by atoms with Crippen LogP contribution in [0.4, 0.5) is 32.0 Å². The van der Waals surface area contributed by atoms with E-state index in [9.17, 15) is 30.6 Å². The molecule has 0 aliphatic carbocycles. The number of alkyl halides is 6. The normalized spacial score (nSPS) is 13.8. The summed E-state index contributed by atoms with van der Waals surface area (Å²) in [6.07, 6.45) is -9.97. The number of benzene rings is 2. The molecule has 2 nitrogen and oxygen atoms in total. The third kappa shape index (κ3) is 4.04. The molecule has 23 heavy (non-hydrogen) atoms. The van der Waals surface area contributed by atoms with E-state index in [1.807, 2.05) is 0 Å². The summed E-state index contributed by atoms with van der Waals surface area (Å²) in [5, 5.41) is 0. The molecular formula is C14H9F6NOS. The largest absolute Gasteiger partial charge is 0.416 e. The molecule has 2 aromatic rings. The first-order chi connectivity index (χ1) is 10.5. The molecule has 1 unspecified atom stereocenters. The minimum atomic E-state index is -4.98. The first kappa shape index (κ1) is 17.3. The lowest BCUT2D eigenvalue weighted by atomic mass is 10.1. The second kappa shape index (κ2) is 5.88. The Balaban J connectivity index is 2.57. The molecule has 0 bridgehead atoms. The van der Waals surface area contributed by atoms with Crippen molar-refractivity contribution in [2.75, 3.05) is 5.73 Å². The topological polar surface area (TPSA) is 43.1 Å². The van der Waals surface area contributed by atoms with Gasteiger partial charge in [0, 0.05) is 15.5 Å². The Morgan fingerprint density at radius 2 is 1.17 bits per heavy atom. The van der Waals surface area contributed by atoms with Crippen molar-refractivity contribution in [1.82, 2.24) is 0 Å². The number of nitrogens with two attached hydrogens (primary N) is 1. The van der Waals surface area contributed by atoms with Gasteiger partial charge in [-0.25, -0.2) is 4.21 Å². The van der Waals surface area contributed by atoms with Crippen LogP contribution in [0.5, 0.6) is 0 Å². The van der Waals surface area contributed by atoms with Crippen molar-refractivity contribution in [2.24, 2.45) is 0 Å². The summed E-state index contributed by atoms with van der Waals surface area (Å²) < 4.78 is 88.9. The summed E-state index contributed by atoms with van der Waals surface area (Å²) in [4.78, 5) is -0.538. The van der Waals surface area contributed by atoms with Crippen molar-refractivity contribution in [3.05, 3.63) is 53.6 Å². The summed E-state index contributed by atoms with van der Waals surface area (Å²) in [5.41, 5.74) is 2.74. The fourth-order valence-corrected chi connectivity index (χ4v) is 2.88. The van der Waals surface area contributed by atoms with Gasteiger partial charge in [-0.05, 0) is 42.5 Å². The maximum Gasteiger partial charge on any atom is 0.416 e. The highest BCUT2D eigenvalue weighted by atomic mass is 32.2. The number of hydrogen-bond acceptors (Lipinski definition) is 2. The quantitative estimate of drug-likeness (QED) is 0.639. The zero-order chi connectivity index (χ0) is 17.4. The van der Waals surface area contributed by atoms with Gasteiger partial charge in [0.2, 0.25) is 0 Å². The van der Waals surface area contributed by atoms with Crippen LogP contribution in [0.15, 0.2) is 52.3 Å². The van der Waals surface area contributed by atoms with Gasteiger partial charge in [0.05, 0.1) is 21.9 Å². The molecule has 0 aliphatic heterocycles. The van der Waals surface area contributed by atoms with Gasteiger partial charge in [0.25, 0.3) is 0 Å². The van der Waals surface area contributed by atoms with E-state index in [0.717, 1.165) is 0 Å². The van der Waals surface area contributed by atoms with Gasteiger partial charge in [-0.1, -0.05) is 0 Å². The van der Waals surface area contributed by atoms with Crippen LogP contribution in [-0.2, 0) is 23.2 Å². The van der Waals surface area contributed by atoms with Crippen LogP contribution in [0.1, 0.15) is 11.1 Å². The van der Waals surface area contributed by atoms with Crippen molar-refractivity contribution in [3.8, 4) is 0 Å². The number of hydrogen-bond donors (Lipinski definition) is 1. The molecule has 1 atom stereocenters. The van der Waals surface area contributed by atoms with Crippen LogP contribution >= 0.6 is 0 Å². The summed E-state index contributed by atoms with van der Waals surface area (Å²) in [6.45, 7) is 0. The van der Waals surface area contributed by atoms with E-state index in [2.05, 4.69) is 0 Å². The predicted molar refractivity (Wildman–Crippen MR) is 72.0 cm³/mol. The van der Waals surface area contributed by atoms with Gasteiger partial charge in [-0.2, -0.15) is 26.3 Å². The lowest BCUT2D eigenvalue weighted by Gasteiger charge is -2.14. The molecule has 9 heteroatoms. The highest BCUT2D eigenvalue weighted by molar-refractivity contribution is 7.85. The Labute approximate surface area is 129 Å². The maximum atomic E-state index is 12.8. The molecule has 0 radical (unpaired) electrons. The molecule has 0 spiro atoms. The summed E-state index contributed by atoms with van der Waals surface area (Å²) in [7, 11) is -2.20. The van der Waals surface area contributed by atoms with Gasteiger partial charge in [0.15, 0.2) is 0 Å². The van der Waals surface area contributed by atoms with Crippen molar-refractivity contribution in [3.63, 3.8) is 0 Å². The van der Waals surface area contributed by atoms with E-state index < -0.39 is 39.2 Å². The Kier molecular flexibility index (Phi) is 4.43. The predicted octanol–water partition coefficient (Wildman–Crippen LogP) is 4.47. The zero-order valence-corrected chi connectivity index (χ0v) is 12.0. The first-order valence-electron chi connectivity index (χ1n) is 6.05. The van der Waals surface area contributed by atoms with Crippen molar-refractivity contribution >= 4 is 16.5 Å². The molecule has 0 aromatic heterocycles. The molecule has 2 rings (SSSR count). The molecule has 0 heterocycles. The third-order valence-corrected chi connectivity index (χ3v) is 4.23. The minimum Gasteiger partial charge on any atom is -0.399 e. The van der Waals surface area contributed by atoms with Gasteiger partial charge < -0.3 is 5.73 Å². The Morgan fingerprint density at radius 1 is 0.739 bits per heavy atom. The van der Waals surface area contributed by atoms with Crippen LogP contribution in [0.2, 0.25) is 0 Å². The summed E-state index contributed by atoms with van der Waals surface area (Å²) in [5.74, 6) is 0. The van der Waals surface area contributed by atoms with Gasteiger partial charge in [-0.15, -0.1) is 0 Å². The molecule has 0 amide bonds. The van der Waals surface area contributed by atoms with Crippen LogP contribution < -0.4 is 5.73 Å². The minimum absolute atomic E-state index is 0.0102. The fraction of sp³-hybridized carbons (Fsp3) is 0.143. The Morgan fingerprint density at radius 3 is 1.57 bits per heavy atom. The fourth-order valence-electron chi connectivity index (χ4n) is 1.76. The highest BCUT2D eigenvalue weighted by Crippen LogP contribution is 2.37. The van der Waals surface area contributed by atoms with E-state index in [0.29, 0.717) is 17.8 Å².